The zero-order valence-electron chi connectivity index (χ0n) is 8.10. The van der Waals surface area contributed by atoms with E-state index in [2.05, 4.69) is 12.3 Å². The van der Waals surface area contributed by atoms with Crippen molar-refractivity contribution >= 4 is 35.5 Å². The second-order valence-electron chi connectivity index (χ2n) is 3.26. The molecule has 1 amide bonds. The van der Waals surface area contributed by atoms with Crippen LogP contribution in [0.1, 0.15) is 46.0 Å². The van der Waals surface area contributed by atoms with Gasteiger partial charge in [-0.25, -0.2) is 5.84 Å². The van der Waals surface area contributed by atoms with Gasteiger partial charge in [0.1, 0.15) is 0 Å². The molecule has 1 unspecified atom stereocenters. The van der Waals surface area contributed by atoms with Gasteiger partial charge in [0.2, 0.25) is 5.91 Å². The van der Waals surface area contributed by atoms with Gasteiger partial charge in [-0.15, -0.1) is 0 Å². The summed E-state index contributed by atoms with van der Waals surface area (Å²) in [6.07, 6.45) is 5.79. The molecule has 0 saturated carbocycles. The van der Waals surface area contributed by atoms with Crippen LogP contribution in [0.15, 0.2) is 0 Å². The summed E-state index contributed by atoms with van der Waals surface area (Å²) in [7, 11) is 0. The van der Waals surface area contributed by atoms with E-state index in [1.54, 1.807) is 0 Å². The van der Waals surface area contributed by atoms with Crippen molar-refractivity contribution in [3.8, 4) is 0 Å². The molecule has 0 saturated heterocycles. The number of nitrogens with two attached hydrogens (primary N) is 1. The molecule has 0 aromatic carbocycles. The number of carbonyl (C=O) groups excluding carboxylic acids is 1. The summed E-state index contributed by atoms with van der Waals surface area (Å²) >= 11 is 0. The van der Waals surface area contributed by atoms with Crippen molar-refractivity contribution in [2.75, 3.05) is 0 Å². The van der Waals surface area contributed by atoms with Crippen molar-refractivity contribution in [2.24, 2.45) is 11.8 Å². The molecule has 13 heavy (non-hydrogen) atoms. The summed E-state index contributed by atoms with van der Waals surface area (Å²) in [5, 5.41) is 0. The van der Waals surface area contributed by atoms with Crippen molar-refractivity contribution in [1.29, 1.82) is 0 Å². The van der Waals surface area contributed by atoms with E-state index < -0.39 is 0 Å². The molecule has 0 rings (SSSR count). The molecule has 0 radical (unpaired) electrons. The molecule has 4 heteroatoms. The van der Waals surface area contributed by atoms with Gasteiger partial charge in [-0.3, -0.25) is 10.2 Å². The van der Waals surface area contributed by atoms with Gasteiger partial charge >= 0.3 is 29.6 Å². The number of hydrogen-bond donors (Lipinski definition) is 2. The van der Waals surface area contributed by atoms with Gasteiger partial charge in [-0.05, 0) is 6.42 Å². The molecule has 74 valence electrons. The number of hydrogen-bond acceptors (Lipinski definition) is 2. The first-order valence-corrected chi connectivity index (χ1v) is 4.72. The Balaban J connectivity index is 0. The van der Waals surface area contributed by atoms with Crippen LogP contribution < -0.4 is 11.3 Å². The van der Waals surface area contributed by atoms with E-state index in [9.17, 15) is 4.79 Å². The summed E-state index contributed by atoms with van der Waals surface area (Å²) in [5.41, 5.74) is 2.17. The molecular weight excluding hydrogens is 175 g/mol. The number of hydrazine groups is 1. The van der Waals surface area contributed by atoms with E-state index in [1.807, 2.05) is 6.92 Å². The second-order valence-corrected chi connectivity index (χ2v) is 3.26. The molecule has 0 spiro atoms. The molecule has 0 bridgehead atoms. The first-order chi connectivity index (χ1) is 5.72. The predicted molar refractivity (Wildman–Crippen MR) is 57.4 cm³/mol. The van der Waals surface area contributed by atoms with Crippen molar-refractivity contribution in [3.05, 3.63) is 0 Å². The normalized spacial score (nSPS) is 11.6. The Kier molecular flexibility index (Phi) is 12.8. The molecule has 0 aliphatic heterocycles. The molecule has 3 nitrogen and oxygen atoms in total. The first-order valence-electron chi connectivity index (χ1n) is 4.72. The quantitative estimate of drug-likeness (QED) is 0.218. The summed E-state index contributed by atoms with van der Waals surface area (Å²) in [5.74, 6) is 5.02. The first kappa shape index (κ1) is 15.9. The Morgan fingerprint density at radius 1 is 1.38 bits per heavy atom. The zero-order chi connectivity index (χ0) is 9.40. The minimum atomic E-state index is -0.0495. The van der Waals surface area contributed by atoms with Gasteiger partial charge in [-0.2, -0.15) is 0 Å². The van der Waals surface area contributed by atoms with Crippen LogP contribution in [0.25, 0.3) is 0 Å². The van der Waals surface area contributed by atoms with Gasteiger partial charge in [0.25, 0.3) is 0 Å². The average Bonchev–Trinajstić information content (AvgIpc) is 2.10. The fourth-order valence-corrected chi connectivity index (χ4v) is 1.15. The number of carbonyl (C=O) groups is 1. The van der Waals surface area contributed by atoms with Crippen molar-refractivity contribution in [1.82, 2.24) is 5.43 Å². The van der Waals surface area contributed by atoms with Crippen LogP contribution in [0.2, 0.25) is 0 Å². The molecule has 0 aliphatic rings. The topological polar surface area (TPSA) is 55.1 Å². The zero-order valence-corrected chi connectivity index (χ0v) is 8.10. The third kappa shape index (κ3) is 8.75. The van der Waals surface area contributed by atoms with Crippen LogP contribution in [0.3, 0.4) is 0 Å². The summed E-state index contributed by atoms with van der Waals surface area (Å²) < 4.78 is 0. The fraction of sp³-hybridized carbons (Fsp3) is 0.889. The fourth-order valence-electron chi connectivity index (χ4n) is 1.15. The van der Waals surface area contributed by atoms with E-state index in [1.165, 1.54) is 19.3 Å². The van der Waals surface area contributed by atoms with Crippen LogP contribution in [-0.4, -0.2) is 35.5 Å². The maximum atomic E-state index is 10.9. The van der Waals surface area contributed by atoms with Crippen LogP contribution in [0.5, 0.6) is 0 Å². The number of unbranched alkanes of at least 4 members (excludes halogenated alkanes) is 3. The maximum absolute atomic E-state index is 10.9. The van der Waals surface area contributed by atoms with Crippen LogP contribution in [0.4, 0.5) is 0 Å². The predicted octanol–water partition coefficient (Wildman–Crippen LogP) is 0.934. The van der Waals surface area contributed by atoms with E-state index in [0.717, 1.165) is 12.8 Å². The number of rotatable bonds is 6. The van der Waals surface area contributed by atoms with E-state index >= 15 is 0 Å². The number of nitrogens with one attached hydrogen (secondary N) is 1. The van der Waals surface area contributed by atoms with Crippen molar-refractivity contribution in [2.45, 2.75) is 46.0 Å². The average molecular weight is 196 g/mol. The van der Waals surface area contributed by atoms with Crippen LogP contribution >= 0.6 is 0 Å². The van der Waals surface area contributed by atoms with E-state index in [-0.39, 0.29) is 41.4 Å². The molecule has 0 aromatic rings. The van der Waals surface area contributed by atoms with E-state index in [4.69, 9.17) is 5.84 Å². The Hall–Kier alpha value is 0.430. The minimum absolute atomic E-state index is 0. The Bertz CT molecular complexity index is 131. The van der Waals surface area contributed by atoms with Crippen LogP contribution in [0, 0.1) is 5.92 Å². The van der Waals surface area contributed by atoms with Crippen molar-refractivity contribution in [3.63, 3.8) is 0 Å². The second kappa shape index (κ2) is 10.5. The third-order valence-corrected chi connectivity index (χ3v) is 2.08. The molecule has 3 N–H and O–H groups in total. The Labute approximate surface area is 103 Å². The van der Waals surface area contributed by atoms with Gasteiger partial charge in [0, 0.05) is 5.92 Å². The summed E-state index contributed by atoms with van der Waals surface area (Å²) in [6.45, 7) is 4.09. The third-order valence-electron chi connectivity index (χ3n) is 2.08. The summed E-state index contributed by atoms with van der Waals surface area (Å²) in [4.78, 5) is 10.9. The van der Waals surface area contributed by atoms with Gasteiger partial charge in [-0.1, -0.05) is 39.5 Å². The molecule has 0 aliphatic carbocycles. The molecular formula is C9H21N2NaO. The molecule has 0 heterocycles. The monoisotopic (exact) mass is 196 g/mol. The van der Waals surface area contributed by atoms with Gasteiger partial charge in [0.15, 0.2) is 0 Å². The van der Waals surface area contributed by atoms with Gasteiger partial charge < -0.3 is 0 Å². The molecule has 0 fully saturated rings. The summed E-state index contributed by atoms with van der Waals surface area (Å²) in [6, 6.07) is 0. The van der Waals surface area contributed by atoms with Crippen molar-refractivity contribution < 1.29 is 4.79 Å². The SMILES string of the molecule is CCCCCCC(C)C(=O)NN.[NaH]. The standard InChI is InChI=1S/C9H20N2O.Na.H/c1-3-4-5-6-7-8(2)9(12)11-10;;/h8H,3-7,10H2,1-2H3,(H,11,12);;. The molecule has 1 atom stereocenters. The Morgan fingerprint density at radius 3 is 2.46 bits per heavy atom. The van der Waals surface area contributed by atoms with Gasteiger partial charge in [0.05, 0.1) is 0 Å². The number of amides is 1. The Morgan fingerprint density at radius 2 is 2.00 bits per heavy atom. The van der Waals surface area contributed by atoms with E-state index in [0.29, 0.717) is 0 Å². The van der Waals surface area contributed by atoms with Crippen LogP contribution in [-0.2, 0) is 4.79 Å². The molecule has 0 aromatic heterocycles.